The van der Waals surface area contributed by atoms with Crippen molar-refractivity contribution in [2.45, 2.75) is 11.0 Å². The van der Waals surface area contributed by atoms with E-state index in [2.05, 4.69) is 5.32 Å². The van der Waals surface area contributed by atoms with E-state index in [-0.39, 0.29) is 17.7 Å². The van der Waals surface area contributed by atoms with E-state index in [9.17, 15) is 14.7 Å². The van der Waals surface area contributed by atoms with Crippen LogP contribution in [0.2, 0.25) is 0 Å². The fraction of sp³-hybridized carbons (Fsp3) is 0.158. The molecule has 128 valence electrons. The van der Waals surface area contributed by atoms with Crippen LogP contribution in [0.4, 0.5) is 0 Å². The zero-order valence-corrected chi connectivity index (χ0v) is 14.4. The SMILES string of the molecule is CSc1ccc(C(O)CNC(=O)c2cc(=O)c3ccccc3o2)cc1. The highest BCUT2D eigenvalue weighted by Crippen LogP contribution is 2.19. The summed E-state index contributed by atoms with van der Waals surface area (Å²) in [6.45, 7) is 0.0218. The molecule has 2 aromatic carbocycles. The van der Waals surface area contributed by atoms with Crippen molar-refractivity contribution in [3.8, 4) is 0 Å². The van der Waals surface area contributed by atoms with Gasteiger partial charge in [0.15, 0.2) is 11.2 Å². The van der Waals surface area contributed by atoms with Crippen molar-refractivity contribution < 1.29 is 14.3 Å². The van der Waals surface area contributed by atoms with Crippen molar-refractivity contribution in [2.24, 2.45) is 0 Å². The molecule has 0 spiro atoms. The zero-order chi connectivity index (χ0) is 17.8. The van der Waals surface area contributed by atoms with Crippen LogP contribution < -0.4 is 10.7 Å². The first-order chi connectivity index (χ1) is 12.1. The maximum Gasteiger partial charge on any atom is 0.287 e. The molecule has 3 aromatic rings. The Labute approximate surface area is 148 Å². The van der Waals surface area contributed by atoms with E-state index in [0.29, 0.717) is 16.5 Å². The van der Waals surface area contributed by atoms with Gasteiger partial charge in [0.1, 0.15) is 5.58 Å². The molecule has 1 aromatic heterocycles. The normalized spacial score (nSPS) is 12.1. The lowest BCUT2D eigenvalue weighted by Crippen LogP contribution is -2.29. The molecular weight excluding hydrogens is 338 g/mol. The van der Waals surface area contributed by atoms with E-state index in [1.807, 2.05) is 30.5 Å². The summed E-state index contributed by atoms with van der Waals surface area (Å²) in [6.07, 6.45) is 1.13. The highest BCUT2D eigenvalue weighted by Gasteiger charge is 2.14. The predicted octanol–water partition coefficient (Wildman–Crippen LogP) is 2.98. The van der Waals surface area contributed by atoms with Gasteiger partial charge in [-0.3, -0.25) is 9.59 Å². The number of amides is 1. The summed E-state index contributed by atoms with van der Waals surface area (Å²) < 4.78 is 5.48. The van der Waals surface area contributed by atoms with Crippen molar-refractivity contribution in [1.29, 1.82) is 0 Å². The van der Waals surface area contributed by atoms with E-state index < -0.39 is 12.0 Å². The third-order valence-corrected chi connectivity index (χ3v) is 4.56. The van der Waals surface area contributed by atoms with Gasteiger partial charge in [-0.05, 0) is 36.1 Å². The second-order valence-electron chi connectivity index (χ2n) is 5.47. The average Bonchev–Trinajstić information content (AvgIpc) is 2.65. The van der Waals surface area contributed by atoms with Gasteiger partial charge in [0.25, 0.3) is 5.91 Å². The molecule has 3 rings (SSSR count). The molecule has 0 aliphatic rings. The number of aliphatic hydroxyl groups is 1. The highest BCUT2D eigenvalue weighted by molar-refractivity contribution is 7.98. The van der Waals surface area contributed by atoms with Gasteiger partial charge in [-0.15, -0.1) is 11.8 Å². The Hall–Kier alpha value is -2.57. The summed E-state index contributed by atoms with van der Waals surface area (Å²) in [5.74, 6) is -0.615. The van der Waals surface area contributed by atoms with Crippen LogP contribution in [-0.2, 0) is 0 Å². The van der Waals surface area contributed by atoms with Crippen LogP contribution in [0.15, 0.2) is 68.7 Å². The van der Waals surface area contributed by atoms with Crippen molar-refractivity contribution in [3.63, 3.8) is 0 Å². The summed E-state index contributed by atoms with van der Waals surface area (Å²) >= 11 is 1.61. The number of para-hydroxylation sites is 1. The number of nitrogens with one attached hydrogen (secondary N) is 1. The third kappa shape index (κ3) is 3.92. The Morgan fingerprint density at radius 2 is 1.92 bits per heavy atom. The summed E-state index contributed by atoms with van der Waals surface area (Å²) in [4.78, 5) is 25.3. The molecule has 0 aliphatic heterocycles. The number of benzene rings is 2. The molecule has 0 saturated heterocycles. The average molecular weight is 355 g/mol. The summed E-state index contributed by atoms with van der Waals surface area (Å²) in [5.41, 5.74) is 0.784. The van der Waals surface area contributed by atoms with Crippen LogP contribution >= 0.6 is 11.8 Å². The zero-order valence-electron chi connectivity index (χ0n) is 13.6. The topological polar surface area (TPSA) is 79.5 Å². The molecule has 6 heteroatoms. The fourth-order valence-corrected chi connectivity index (χ4v) is 2.84. The van der Waals surface area contributed by atoms with Crippen molar-refractivity contribution in [2.75, 3.05) is 12.8 Å². The Bertz CT molecular complexity index is 950. The Morgan fingerprint density at radius 3 is 2.64 bits per heavy atom. The van der Waals surface area contributed by atoms with E-state index in [4.69, 9.17) is 4.42 Å². The van der Waals surface area contributed by atoms with Gasteiger partial charge in [-0.1, -0.05) is 24.3 Å². The van der Waals surface area contributed by atoms with Crippen molar-refractivity contribution in [1.82, 2.24) is 5.32 Å². The molecular formula is C19H17NO4S. The number of hydrogen-bond acceptors (Lipinski definition) is 5. The standard InChI is InChI=1S/C19H17NO4S/c1-25-13-8-6-12(7-9-13)16(22)11-20-19(23)18-10-15(21)14-4-2-3-5-17(14)24-18/h2-10,16,22H,11H2,1H3,(H,20,23). The quantitative estimate of drug-likeness (QED) is 0.688. The van der Waals surface area contributed by atoms with Crippen LogP contribution in [0.5, 0.6) is 0 Å². The van der Waals surface area contributed by atoms with Crippen molar-refractivity contribution in [3.05, 3.63) is 76.1 Å². The molecule has 0 bridgehead atoms. The minimum absolute atomic E-state index is 0.0218. The molecule has 25 heavy (non-hydrogen) atoms. The largest absolute Gasteiger partial charge is 0.451 e. The molecule has 0 fully saturated rings. The minimum Gasteiger partial charge on any atom is -0.451 e. The van der Waals surface area contributed by atoms with Crippen molar-refractivity contribution >= 4 is 28.6 Å². The molecule has 1 amide bonds. The molecule has 0 radical (unpaired) electrons. The summed E-state index contributed by atoms with van der Waals surface area (Å²) in [5, 5.41) is 13.2. The maximum atomic E-state index is 12.2. The molecule has 1 heterocycles. The molecule has 1 unspecified atom stereocenters. The first-order valence-electron chi connectivity index (χ1n) is 7.71. The smallest absolute Gasteiger partial charge is 0.287 e. The van der Waals surface area contributed by atoms with Gasteiger partial charge in [-0.25, -0.2) is 0 Å². The van der Waals surface area contributed by atoms with E-state index in [1.165, 1.54) is 0 Å². The number of carbonyl (C=O) groups is 1. The first-order valence-corrected chi connectivity index (χ1v) is 8.94. The number of rotatable bonds is 5. The predicted molar refractivity (Wildman–Crippen MR) is 98.0 cm³/mol. The van der Waals surface area contributed by atoms with Crippen LogP contribution in [-0.4, -0.2) is 23.8 Å². The Morgan fingerprint density at radius 1 is 1.20 bits per heavy atom. The number of hydrogen-bond donors (Lipinski definition) is 2. The van der Waals surface area contributed by atoms with Crippen LogP contribution in [0.3, 0.4) is 0 Å². The van der Waals surface area contributed by atoms with E-state index >= 15 is 0 Å². The summed E-state index contributed by atoms with van der Waals surface area (Å²) in [6, 6.07) is 15.4. The van der Waals surface area contributed by atoms with Gasteiger partial charge >= 0.3 is 0 Å². The minimum atomic E-state index is -0.841. The van der Waals surface area contributed by atoms with E-state index in [1.54, 1.807) is 36.0 Å². The fourth-order valence-electron chi connectivity index (χ4n) is 2.44. The lowest BCUT2D eigenvalue weighted by molar-refractivity contribution is 0.0889. The molecule has 2 N–H and O–H groups in total. The second-order valence-corrected chi connectivity index (χ2v) is 6.35. The maximum absolute atomic E-state index is 12.2. The van der Waals surface area contributed by atoms with Gasteiger partial charge in [-0.2, -0.15) is 0 Å². The second kappa shape index (κ2) is 7.55. The molecule has 0 saturated carbocycles. The van der Waals surface area contributed by atoms with Gasteiger partial charge in [0, 0.05) is 17.5 Å². The molecule has 0 aliphatic carbocycles. The third-order valence-electron chi connectivity index (χ3n) is 3.81. The van der Waals surface area contributed by atoms with Crippen LogP contribution in [0.1, 0.15) is 22.2 Å². The van der Waals surface area contributed by atoms with E-state index in [0.717, 1.165) is 11.0 Å². The van der Waals surface area contributed by atoms with Gasteiger partial charge in [0.05, 0.1) is 11.5 Å². The number of carbonyl (C=O) groups excluding carboxylic acids is 1. The highest BCUT2D eigenvalue weighted by atomic mass is 32.2. The number of fused-ring (bicyclic) bond motifs is 1. The van der Waals surface area contributed by atoms with Crippen LogP contribution in [0, 0.1) is 0 Å². The lowest BCUT2D eigenvalue weighted by atomic mass is 10.1. The monoisotopic (exact) mass is 355 g/mol. The van der Waals surface area contributed by atoms with Crippen LogP contribution in [0.25, 0.3) is 11.0 Å². The number of aliphatic hydroxyl groups excluding tert-OH is 1. The Kier molecular flexibility index (Phi) is 5.21. The number of thioether (sulfide) groups is 1. The van der Waals surface area contributed by atoms with Gasteiger partial charge in [0.2, 0.25) is 0 Å². The molecule has 1 atom stereocenters. The van der Waals surface area contributed by atoms with Gasteiger partial charge < -0.3 is 14.8 Å². The molecule has 5 nitrogen and oxygen atoms in total. The summed E-state index contributed by atoms with van der Waals surface area (Å²) in [7, 11) is 0. The Balaban J connectivity index is 1.70. The first kappa shape index (κ1) is 17.3. The lowest BCUT2D eigenvalue weighted by Gasteiger charge is -2.12.